The summed E-state index contributed by atoms with van der Waals surface area (Å²) >= 11 is 0. The van der Waals surface area contributed by atoms with E-state index in [4.69, 9.17) is 5.26 Å². The van der Waals surface area contributed by atoms with Crippen molar-refractivity contribution in [2.75, 3.05) is 6.61 Å². The number of nitriles is 1. The Labute approximate surface area is 71.4 Å². The minimum absolute atomic E-state index is 0.243. The van der Waals surface area contributed by atoms with E-state index in [9.17, 15) is 4.79 Å². The number of allylic oxidation sites excluding steroid dienone is 1. The van der Waals surface area contributed by atoms with E-state index in [1.165, 1.54) is 6.08 Å². The van der Waals surface area contributed by atoms with Crippen molar-refractivity contribution in [3.8, 4) is 6.07 Å². The first-order chi connectivity index (χ1) is 5.74. The summed E-state index contributed by atoms with van der Waals surface area (Å²) in [5.74, 6) is 0. The first-order valence-electron chi connectivity index (χ1n) is 3.60. The highest BCUT2D eigenvalue weighted by atomic mass is 16.7. The third-order valence-corrected chi connectivity index (χ3v) is 0.980. The summed E-state index contributed by atoms with van der Waals surface area (Å²) in [6, 6.07) is 1.78. The van der Waals surface area contributed by atoms with Gasteiger partial charge in [-0.1, -0.05) is 6.08 Å². The van der Waals surface area contributed by atoms with Crippen LogP contribution >= 0.6 is 0 Å². The zero-order valence-corrected chi connectivity index (χ0v) is 7.11. The number of hydrogen-bond donors (Lipinski definition) is 0. The SMILES string of the molecule is C/C=C/[C@H](C#N)OC(=O)OCC. The van der Waals surface area contributed by atoms with Crippen LogP contribution in [0.2, 0.25) is 0 Å². The first kappa shape index (κ1) is 10.5. The molecule has 0 heterocycles. The fourth-order valence-electron chi connectivity index (χ4n) is 0.539. The normalized spacial score (nSPS) is 12.1. The third kappa shape index (κ3) is 4.34. The average Bonchev–Trinajstić information content (AvgIpc) is 2.04. The van der Waals surface area contributed by atoms with E-state index in [-0.39, 0.29) is 6.61 Å². The molecule has 0 aromatic heterocycles. The topological polar surface area (TPSA) is 59.3 Å². The van der Waals surface area contributed by atoms with Crippen LogP contribution in [-0.4, -0.2) is 18.9 Å². The smallest absolute Gasteiger partial charge is 0.435 e. The van der Waals surface area contributed by atoms with Gasteiger partial charge < -0.3 is 9.47 Å². The second-order valence-electron chi connectivity index (χ2n) is 1.88. The molecule has 0 unspecified atom stereocenters. The Morgan fingerprint density at radius 3 is 2.83 bits per heavy atom. The van der Waals surface area contributed by atoms with Crippen LogP contribution in [0.1, 0.15) is 13.8 Å². The van der Waals surface area contributed by atoms with Crippen molar-refractivity contribution in [1.29, 1.82) is 5.26 Å². The van der Waals surface area contributed by atoms with Crippen molar-refractivity contribution in [1.82, 2.24) is 0 Å². The summed E-state index contributed by atoms with van der Waals surface area (Å²) < 4.78 is 9.05. The highest BCUT2D eigenvalue weighted by Gasteiger charge is 2.09. The lowest BCUT2D eigenvalue weighted by Crippen LogP contribution is -2.15. The molecule has 0 saturated heterocycles. The molecular weight excluding hydrogens is 158 g/mol. The van der Waals surface area contributed by atoms with Gasteiger partial charge in [0.1, 0.15) is 6.07 Å². The second kappa shape index (κ2) is 6.23. The van der Waals surface area contributed by atoms with E-state index in [1.807, 2.05) is 0 Å². The van der Waals surface area contributed by atoms with Crippen molar-refractivity contribution < 1.29 is 14.3 Å². The fourth-order valence-corrected chi connectivity index (χ4v) is 0.539. The van der Waals surface area contributed by atoms with Gasteiger partial charge in [-0.05, 0) is 19.9 Å². The largest absolute Gasteiger partial charge is 0.509 e. The van der Waals surface area contributed by atoms with Crippen molar-refractivity contribution in [2.24, 2.45) is 0 Å². The predicted octanol–water partition coefficient (Wildman–Crippen LogP) is 1.63. The Kier molecular flexibility index (Phi) is 5.45. The van der Waals surface area contributed by atoms with Crippen LogP contribution in [0.15, 0.2) is 12.2 Å². The summed E-state index contributed by atoms with van der Waals surface area (Å²) in [6.07, 6.45) is 1.43. The Hall–Kier alpha value is -1.50. The molecule has 0 aliphatic heterocycles. The summed E-state index contributed by atoms with van der Waals surface area (Å²) in [5, 5.41) is 8.44. The lowest BCUT2D eigenvalue weighted by atomic mass is 10.3. The maximum absolute atomic E-state index is 10.7. The van der Waals surface area contributed by atoms with Gasteiger partial charge in [0.05, 0.1) is 6.61 Å². The molecule has 1 atom stereocenters. The zero-order valence-electron chi connectivity index (χ0n) is 7.11. The van der Waals surface area contributed by atoms with Gasteiger partial charge in [0, 0.05) is 0 Å². The van der Waals surface area contributed by atoms with Gasteiger partial charge in [-0.2, -0.15) is 5.26 Å². The van der Waals surface area contributed by atoms with Gasteiger partial charge in [0.15, 0.2) is 0 Å². The lowest BCUT2D eigenvalue weighted by molar-refractivity contribution is 0.0535. The minimum Gasteiger partial charge on any atom is -0.435 e. The van der Waals surface area contributed by atoms with Crippen molar-refractivity contribution in [2.45, 2.75) is 20.0 Å². The van der Waals surface area contributed by atoms with Crippen molar-refractivity contribution >= 4 is 6.16 Å². The van der Waals surface area contributed by atoms with Crippen LogP contribution in [0.25, 0.3) is 0 Å². The van der Waals surface area contributed by atoms with E-state index in [0.29, 0.717) is 0 Å². The van der Waals surface area contributed by atoms with E-state index in [2.05, 4.69) is 9.47 Å². The van der Waals surface area contributed by atoms with Gasteiger partial charge in [-0.3, -0.25) is 0 Å². The summed E-state index contributed by atoms with van der Waals surface area (Å²) in [7, 11) is 0. The molecule has 0 aliphatic rings. The molecule has 4 nitrogen and oxygen atoms in total. The number of hydrogen-bond acceptors (Lipinski definition) is 4. The number of nitrogens with zero attached hydrogens (tertiary/aromatic N) is 1. The molecule has 0 radical (unpaired) electrons. The fraction of sp³-hybridized carbons (Fsp3) is 0.500. The predicted molar refractivity (Wildman–Crippen MR) is 42.3 cm³/mol. The van der Waals surface area contributed by atoms with Crippen LogP contribution < -0.4 is 0 Å². The molecule has 12 heavy (non-hydrogen) atoms. The lowest BCUT2D eigenvalue weighted by Gasteiger charge is -2.05. The molecule has 66 valence electrons. The second-order valence-corrected chi connectivity index (χ2v) is 1.88. The van der Waals surface area contributed by atoms with Gasteiger partial charge in [0.2, 0.25) is 6.10 Å². The Bertz CT molecular complexity index is 205. The summed E-state index contributed by atoms with van der Waals surface area (Å²) in [4.78, 5) is 10.7. The van der Waals surface area contributed by atoms with E-state index in [0.717, 1.165) is 0 Å². The molecule has 4 heteroatoms. The number of carbonyl (C=O) groups excluding carboxylic acids is 1. The summed E-state index contributed by atoms with van der Waals surface area (Å²) in [5.41, 5.74) is 0. The van der Waals surface area contributed by atoms with Crippen LogP contribution in [-0.2, 0) is 9.47 Å². The minimum atomic E-state index is -0.853. The van der Waals surface area contributed by atoms with E-state index >= 15 is 0 Å². The maximum Gasteiger partial charge on any atom is 0.509 e. The Morgan fingerprint density at radius 2 is 2.42 bits per heavy atom. The maximum atomic E-state index is 10.7. The molecule has 0 fully saturated rings. The molecule has 0 aromatic carbocycles. The van der Waals surface area contributed by atoms with Crippen LogP contribution in [0.3, 0.4) is 0 Å². The molecule has 0 N–H and O–H groups in total. The van der Waals surface area contributed by atoms with Crippen LogP contribution in [0, 0.1) is 11.3 Å². The van der Waals surface area contributed by atoms with Crippen molar-refractivity contribution in [3.05, 3.63) is 12.2 Å². The molecule has 0 spiro atoms. The highest BCUT2D eigenvalue weighted by molar-refractivity contribution is 5.60. The van der Waals surface area contributed by atoms with Gasteiger partial charge in [-0.25, -0.2) is 4.79 Å². The van der Waals surface area contributed by atoms with Crippen LogP contribution in [0.5, 0.6) is 0 Å². The van der Waals surface area contributed by atoms with Gasteiger partial charge in [0.25, 0.3) is 0 Å². The Morgan fingerprint density at radius 1 is 1.75 bits per heavy atom. The van der Waals surface area contributed by atoms with E-state index < -0.39 is 12.3 Å². The average molecular weight is 169 g/mol. The molecule has 0 aromatic rings. The van der Waals surface area contributed by atoms with E-state index in [1.54, 1.807) is 26.0 Å². The molecule has 0 saturated carbocycles. The quantitative estimate of drug-likeness (QED) is 0.476. The van der Waals surface area contributed by atoms with Crippen LogP contribution in [0.4, 0.5) is 4.79 Å². The Balaban J connectivity index is 3.87. The molecule has 0 rings (SSSR count). The van der Waals surface area contributed by atoms with Gasteiger partial charge >= 0.3 is 6.16 Å². The highest BCUT2D eigenvalue weighted by Crippen LogP contribution is 1.95. The number of rotatable bonds is 3. The summed E-state index contributed by atoms with van der Waals surface area (Å²) in [6.45, 7) is 3.64. The monoisotopic (exact) mass is 169 g/mol. The molecule has 0 amide bonds. The zero-order chi connectivity index (χ0) is 9.40. The third-order valence-electron chi connectivity index (χ3n) is 0.980. The number of carbonyl (C=O) groups is 1. The first-order valence-corrected chi connectivity index (χ1v) is 3.60. The van der Waals surface area contributed by atoms with Gasteiger partial charge in [-0.15, -0.1) is 0 Å². The molecule has 0 aliphatic carbocycles. The molecule has 0 bridgehead atoms. The standard InChI is InChI=1S/C8H11NO3/c1-3-5-7(6-9)12-8(10)11-4-2/h3,5,7H,4H2,1-2H3/b5-3+/t7-/m1/s1. The number of ether oxygens (including phenoxy) is 2. The van der Waals surface area contributed by atoms with Crippen molar-refractivity contribution in [3.63, 3.8) is 0 Å². The molecular formula is C8H11NO3.